The Kier molecular flexibility index (Phi) is 13.8. The molecule has 0 aliphatic rings. The van der Waals surface area contributed by atoms with Crippen molar-refractivity contribution in [1.82, 2.24) is 0 Å². The van der Waals surface area contributed by atoms with Gasteiger partial charge in [-0.15, -0.1) is 0 Å². The lowest BCUT2D eigenvalue weighted by Gasteiger charge is -2.12. The largest absolute Gasteiger partial charge is 0.427 e. The van der Waals surface area contributed by atoms with Crippen LogP contribution in [0.25, 0.3) is 0 Å². The van der Waals surface area contributed by atoms with E-state index in [4.69, 9.17) is 9.47 Å². The zero-order valence-electron chi connectivity index (χ0n) is 22.0. The van der Waals surface area contributed by atoms with Crippen molar-refractivity contribution in [2.45, 2.75) is 104 Å². The number of hydrogen-bond acceptors (Lipinski definition) is 4. The Morgan fingerprint density at radius 1 is 0.629 bits per heavy atom. The van der Waals surface area contributed by atoms with Crippen molar-refractivity contribution < 1.29 is 19.1 Å². The van der Waals surface area contributed by atoms with E-state index in [2.05, 4.69) is 13.8 Å². The Hall–Kier alpha value is -2.62. The number of hydrogen-bond donors (Lipinski definition) is 0. The molecule has 2 rings (SSSR count). The maximum atomic E-state index is 12.4. The maximum Gasteiger partial charge on any atom is 0.314 e. The van der Waals surface area contributed by atoms with Gasteiger partial charge in [-0.1, -0.05) is 96.4 Å². The summed E-state index contributed by atoms with van der Waals surface area (Å²) in [5.41, 5.74) is 2.50. The summed E-state index contributed by atoms with van der Waals surface area (Å²) in [6.07, 6.45) is 14.6. The molecule has 2 aromatic rings. The minimum absolute atomic E-state index is 0.0200. The van der Waals surface area contributed by atoms with Crippen LogP contribution in [0.3, 0.4) is 0 Å². The summed E-state index contributed by atoms with van der Waals surface area (Å²) in [6.45, 7) is 6.13. The third-order valence-corrected chi connectivity index (χ3v) is 6.31. The van der Waals surface area contributed by atoms with Crippen LogP contribution in [0, 0.1) is 5.92 Å². The highest BCUT2D eigenvalue weighted by Crippen LogP contribution is 2.19. The smallest absolute Gasteiger partial charge is 0.314 e. The number of rotatable bonds is 17. The highest BCUT2D eigenvalue weighted by atomic mass is 16.5. The van der Waals surface area contributed by atoms with Crippen LogP contribution < -0.4 is 9.47 Å². The van der Waals surface area contributed by atoms with Gasteiger partial charge in [-0.2, -0.15) is 0 Å². The van der Waals surface area contributed by atoms with Crippen LogP contribution in [0.5, 0.6) is 11.5 Å². The molecule has 0 N–H and O–H groups in total. The molecule has 0 bridgehead atoms. The summed E-state index contributed by atoms with van der Waals surface area (Å²) < 4.78 is 10.9. The van der Waals surface area contributed by atoms with Gasteiger partial charge in [0, 0.05) is 0 Å². The molecular formula is C31H44O4. The predicted molar refractivity (Wildman–Crippen MR) is 143 cm³/mol. The van der Waals surface area contributed by atoms with E-state index < -0.39 is 17.9 Å². The van der Waals surface area contributed by atoms with Crippen LogP contribution in [0.4, 0.5) is 0 Å². The van der Waals surface area contributed by atoms with Crippen LogP contribution >= 0.6 is 0 Å². The minimum Gasteiger partial charge on any atom is -0.427 e. The molecule has 0 saturated carbocycles. The van der Waals surface area contributed by atoms with Gasteiger partial charge in [0.05, 0.1) is 12.3 Å². The zero-order valence-corrected chi connectivity index (χ0v) is 22.0. The fourth-order valence-electron chi connectivity index (χ4n) is 4.04. The first-order valence-corrected chi connectivity index (χ1v) is 13.6. The molecule has 2 aromatic carbocycles. The second kappa shape index (κ2) is 16.9. The second-order valence-electron chi connectivity index (χ2n) is 9.62. The molecule has 35 heavy (non-hydrogen) atoms. The molecular weight excluding hydrogens is 436 g/mol. The summed E-state index contributed by atoms with van der Waals surface area (Å²) in [4.78, 5) is 24.8. The average molecular weight is 481 g/mol. The molecule has 0 saturated heterocycles. The maximum absolute atomic E-state index is 12.4. The Balaban J connectivity index is 1.70. The molecule has 1 unspecified atom stereocenters. The van der Waals surface area contributed by atoms with Gasteiger partial charge in [0.25, 0.3) is 0 Å². The monoisotopic (exact) mass is 480 g/mol. The van der Waals surface area contributed by atoms with Gasteiger partial charge in [-0.25, -0.2) is 0 Å². The predicted octanol–water partition coefficient (Wildman–Crippen LogP) is 8.25. The molecule has 4 heteroatoms. The van der Waals surface area contributed by atoms with Gasteiger partial charge >= 0.3 is 11.9 Å². The Labute approximate surface area is 212 Å². The lowest BCUT2D eigenvalue weighted by atomic mass is 10.1. The lowest BCUT2D eigenvalue weighted by molar-refractivity contribution is -0.144. The lowest BCUT2D eigenvalue weighted by Crippen LogP contribution is -2.22. The zero-order chi connectivity index (χ0) is 25.3. The molecule has 0 aliphatic heterocycles. The summed E-state index contributed by atoms with van der Waals surface area (Å²) in [5, 5.41) is 0. The molecule has 0 radical (unpaired) electrons. The summed E-state index contributed by atoms with van der Waals surface area (Å²) in [5.74, 6) is -0.415. The topological polar surface area (TPSA) is 52.6 Å². The summed E-state index contributed by atoms with van der Waals surface area (Å²) in [7, 11) is 0. The Morgan fingerprint density at radius 3 is 1.51 bits per heavy atom. The first-order valence-electron chi connectivity index (χ1n) is 13.6. The molecule has 0 heterocycles. The normalized spacial score (nSPS) is 11.7. The SMILES string of the molecule is CCCCCCCc1ccc(OC(=O)CC(C)C(=O)Oc2ccc(CCCCCCC)cc2)cc1. The van der Waals surface area contributed by atoms with Gasteiger partial charge in [0.15, 0.2) is 0 Å². The van der Waals surface area contributed by atoms with Crippen molar-refractivity contribution in [1.29, 1.82) is 0 Å². The van der Waals surface area contributed by atoms with Crippen molar-refractivity contribution in [3.63, 3.8) is 0 Å². The van der Waals surface area contributed by atoms with Gasteiger partial charge < -0.3 is 9.47 Å². The molecule has 0 spiro atoms. The quantitative estimate of drug-likeness (QED) is 0.130. The molecule has 192 valence electrons. The van der Waals surface area contributed by atoms with Crippen LogP contribution in [0.2, 0.25) is 0 Å². The van der Waals surface area contributed by atoms with E-state index in [1.807, 2.05) is 48.5 Å². The molecule has 0 aromatic heterocycles. The number of aryl methyl sites for hydroxylation is 2. The third kappa shape index (κ3) is 12.1. The first kappa shape index (κ1) is 28.6. The highest BCUT2D eigenvalue weighted by Gasteiger charge is 2.20. The Bertz CT molecular complexity index is 855. The van der Waals surface area contributed by atoms with Crippen molar-refractivity contribution in [3.05, 3.63) is 59.7 Å². The average Bonchev–Trinajstić information content (AvgIpc) is 2.85. The fourth-order valence-corrected chi connectivity index (χ4v) is 4.04. The number of carbonyl (C=O) groups excluding carboxylic acids is 2. The third-order valence-electron chi connectivity index (χ3n) is 6.31. The van der Waals surface area contributed by atoms with Gasteiger partial charge in [0.1, 0.15) is 11.5 Å². The first-order chi connectivity index (χ1) is 17.0. The van der Waals surface area contributed by atoms with E-state index in [-0.39, 0.29) is 6.42 Å². The van der Waals surface area contributed by atoms with E-state index in [0.29, 0.717) is 11.5 Å². The van der Waals surface area contributed by atoms with Crippen LogP contribution in [-0.4, -0.2) is 11.9 Å². The molecule has 0 amide bonds. The molecule has 1 atom stereocenters. The Morgan fingerprint density at radius 2 is 1.06 bits per heavy atom. The summed E-state index contributed by atoms with van der Waals surface area (Å²) >= 11 is 0. The van der Waals surface area contributed by atoms with E-state index in [9.17, 15) is 9.59 Å². The fraction of sp³-hybridized carbons (Fsp3) is 0.548. The second-order valence-corrected chi connectivity index (χ2v) is 9.62. The number of esters is 2. The van der Waals surface area contributed by atoms with Crippen molar-refractivity contribution in [2.75, 3.05) is 0 Å². The molecule has 4 nitrogen and oxygen atoms in total. The van der Waals surface area contributed by atoms with E-state index >= 15 is 0 Å². The highest BCUT2D eigenvalue weighted by molar-refractivity contribution is 5.82. The van der Waals surface area contributed by atoms with Gasteiger partial charge in [-0.3, -0.25) is 9.59 Å². The standard InChI is InChI=1S/C31H44O4/c1-4-6-8-10-12-14-26-16-20-28(21-17-26)34-30(32)24-25(3)31(33)35-29-22-18-27(19-23-29)15-13-11-9-7-5-2/h16-23,25H,4-15,24H2,1-3H3. The van der Waals surface area contributed by atoms with Crippen LogP contribution in [0.15, 0.2) is 48.5 Å². The minimum atomic E-state index is -0.580. The number of unbranched alkanes of at least 4 members (excludes halogenated alkanes) is 8. The molecule has 0 fully saturated rings. The van der Waals surface area contributed by atoms with E-state index in [0.717, 1.165) is 12.8 Å². The number of benzene rings is 2. The van der Waals surface area contributed by atoms with Crippen molar-refractivity contribution in [2.24, 2.45) is 5.92 Å². The van der Waals surface area contributed by atoms with Crippen molar-refractivity contribution >= 4 is 11.9 Å². The number of ether oxygens (including phenoxy) is 2. The number of carbonyl (C=O) groups is 2. The van der Waals surface area contributed by atoms with Crippen LogP contribution in [0.1, 0.15) is 103 Å². The van der Waals surface area contributed by atoms with E-state index in [1.165, 1.54) is 75.3 Å². The van der Waals surface area contributed by atoms with E-state index in [1.54, 1.807) is 6.92 Å². The summed E-state index contributed by atoms with van der Waals surface area (Å²) in [6, 6.07) is 15.4. The van der Waals surface area contributed by atoms with Gasteiger partial charge in [-0.05, 0) is 61.1 Å². The molecule has 0 aliphatic carbocycles. The van der Waals surface area contributed by atoms with Gasteiger partial charge in [0.2, 0.25) is 0 Å². The van der Waals surface area contributed by atoms with Crippen LogP contribution in [-0.2, 0) is 22.4 Å². The van der Waals surface area contributed by atoms with Crippen molar-refractivity contribution in [3.8, 4) is 11.5 Å².